The van der Waals surface area contributed by atoms with Crippen molar-refractivity contribution in [2.75, 3.05) is 5.32 Å². The number of nitro groups is 1. The number of ether oxygens (including phenoxy) is 1. The molecule has 0 amide bonds. The van der Waals surface area contributed by atoms with Gasteiger partial charge in [-0.25, -0.2) is 4.98 Å². The number of benzene rings is 2. The number of alkyl halides is 2. The number of aromatic nitrogens is 2. The molecule has 0 fully saturated rings. The Morgan fingerprint density at radius 3 is 2.59 bits per heavy atom. The smallest absolute Gasteiger partial charge is 0.387 e. The van der Waals surface area contributed by atoms with E-state index in [1.165, 1.54) is 12.1 Å². The minimum absolute atomic E-state index is 0.0974. The molecular formula is C18H18F2N4O3. The number of halogens is 2. The van der Waals surface area contributed by atoms with E-state index in [1.54, 1.807) is 0 Å². The van der Waals surface area contributed by atoms with E-state index in [1.807, 2.05) is 38.1 Å². The topological polar surface area (TPSA) is 93.1 Å². The number of nitrogens with one attached hydrogen (secondary N) is 2. The van der Waals surface area contributed by atoms with Crippen molar-refractivity contribution >= 4 is 22.4 Å². The molecular weight excluding hydrogens is 358 g/mol. The van der Waals surface area contributed by atoms with Gasteiger partial charge in [-0.2, -0.15) is 8.78 Å². The molecule has 0 saturated heterocycles. The van der Waals surface area contributed by atoms with Gasteiger partial charge in [0.15, 0.2) is 0 Å². The Morgan fingerprint density at radius 2 is 1.96 bits per heavy atom. The average molecular weight is 376 g/mol. The fourth-order valence-electron chi connectivity index (χ4n) is 2.80. The summed E-state index contributed by atoms with van der Waals surface area (Å²) in [4.78, 5) is 18.1. The van der Waals surface area contributed by atoms with E-state index >= 15 is 0 Å². The van der Waals surface area contributed by atoms with Gasteiger partial charge in [-0.15, -0.1) is 0 Å². The van der Waals surface area contributed by atoms with E-state index < -0.39 is 23.0 Å². The molecule has 1 aromatic heterocycles. The number of hydrogen-bond acceptors (Lipinski definition) is 5. The summed E-state index contributed by atoms with van der Waals surface area (Å²) in [5.41, 5.74) is 1.58. The number of hydrogen-bond donors (Lipinski definition) is 2. The van der Waals surface area contributed by atoms with Crippen molar-refractivity contribution in [3.05, 3.63) is 58.4 Å². The lowest BCUT2D eigenvalue weighted by atomic mass is 10.0. The van der Waals surface area contributed by atoms with Gasteiger partial charge in [0.2, 0.25) is 5.75 Å². The van der Waals surface area contributed by atoms with Gasteiger partial charge in [-0.05, 0) is 24.1 Å². The summed E-state index contributed by atoms with van der Waals surface area (Å²) in [5.74, 6) is 0.285. The highest BCUT2D eigenvalue weighted by molar-refractivity contribution is 5.75. The molecule has 0 aliphatic heterocycles. The first-order chi connectivity index (χ1) is 12.8. The van der Waals surface area contributed by atoms with Gasteiger partial charge in [0.1, 0.15) is 5.82 Å². The van der Waals surface area contributed by atoms with Crippen LogP contribution < -0.4 is 10.1 Å². The molecule has 27 heavy (non-hydrogen) atoms. The fraction of sp³-hybridized carbons (Fsp3) is 0.278. The first kappa shape index (κ1) is 18.6. The molecule has 142 valence electrons. The summed E-state index contributed by atoms with van der Waals surface area (Å²) in [5, 5.41) is 14.2. The first-order valence-electron chi connectivity index (χ1n) is 8.29. The van der Waals surface area contributed by atoms with E-state index in [9.17, 15) is 18.9 Å². The van der Waals surface area contributed by atoms with Crippen LogP contribution in [-0.2, 0) is 0 Å². The molecule has 1 heterocycles. The lowest BCUT2D eigenvalue weighted by Gasteiger charge is -2.22. The van der Waals surface area contributed by atoms with Crippen LogP contribution in [0.25, 0.3) is 11.0 Å². The van der Waals surface area contributed by atoms with Crippen molar-refractivity contribution in [2.45, 2.75) is 26.5 Å². The van der Waals surface area contributed by atoms with E-state index in [-0.39, 0.29) is 12.0 Å². The van der Waals surface area contributed by atoms with Crippen molar-refractivity contribution in [1.29, 1.82) is 0 Å². The molecule has 0 aliphatic carbocycles. The Balaban J connectivity index is 1.93. The Bertz CT molecular complexity index is 926. The van der Waals surface area contributed by atoms with Crippen LogP contribution >= 0.6 is 0 Å². The van der Waals surface area contributed by atoms with Gasteiger partial charge >= 0.3 is 12.3 Å². The number of para-hydroxylation sites is 2. The van der Waals surface area contributed by atoms with E-state index in [0.717, 1.165) is 17.1 Å². The van der Waals surface area contributed by atoms with Gasteiger partial charge in [0.05, 0.1) is 22.0 Å². The molecule has 3 rings (SSSR count). The van der Waals surface area contributed by atoms with Crippen molar-refractivity contribution in [2.24, 2.45) is 5.92 Å². The third-order valence-corrected chi connectivity index (χ3v) is 4.06. The van der Waals surface area contributed by atoms with Crippen molar-refractivity contribution in [1.82, 2.24) is 9.97 Å². The number of nitro benzene ring substituents is 1. The molecule has 3 aromatic rings. The highest BCUT2D eigenvalue weighted by atomic mass is 19.3. The fourth-order valence-corrected chi connectivity index (χ4v) is 2.80. The van der Waals surface area contributed by atoms with Crippen LogP contribution in [0.1, 0.15) is 25.7 Å². The van der Waals surface area contributed by atoms with Crippen LogP contribution in [0.2, 0.25) is 0 Å². The molecule has 0 spiro atoms. The predicted octanol–water partition coefficient (Wildman–Crippen LogP) is 4.88. The summed E-state index contributed by atoms with van der Waals surface area (Å²) >= 11 is 0. The third-order valence-electron chi connectivity index (χ3n) is 4.06. The van der Waals surface area contributed by atoms with Crippen LogP contribution in [-0.4, -0.2) is 21.5 Å². The summed E-state index contributed by atoms with van der Waals surface area (Å²) in [6.07, 6.45) is 0. The van der Waals surface area contributed by atoms with Crippen LogP contribution in [0.4, 0.5) is 20.2 Å². The molecule has 2 N–H and O–H groups in total. The maximum Gasteiger partial charge on any atom is 0.387 e. The Hall–Kier alpha value is -3.23. The number of H-pyrrole nitrogens is 1. The second kappa shape index (κ2) is 7.56. The van der Waals surface area contributed by atoms with Crippen LogP contribution in [0.3, 0.4) is 0 Å². The second-order valence-electron chi connectivity index (χ2n) is 6.32. The minimum atomic E-state index is -3.16. The molecule has 0 bridgehead atoms. The Kier molecular flexibility index (Phi) is 5.20. The van der Waals surface area contributed by atoms with Crippen LogP contribution in [0, 0.1) is 16.0 Å². The number of rotatable bonds is 7. The average Bonchev–Trinajstić information content (AvgIpc) is 3.02. The Morgan fingerprint density at radius 1 is 1.22 bits per heavy atom. The number of imidazole rings is 1. The number of fused-ring (bicyclic) bond motifs is 1. The molecule has 0 saturated carbocycles. The maximum absolute atomic E-state index is 12.6. The molecule has 0 unspecified atom stereocenters. The van der Waals surface area contributed by atoms with Crippen molar-refractivity contribution < 1.29 is 18.4 Å². The lowest BCUT2D eigenvalue weighted by molar-refractivity contribution is -0.386. The molecule has 1 atom stereocenters. The standard InChI is InChI=1S/C18H18F2N4O3/c1-10(2)16(17-22-12-5-3-4-6-13(12)23-17)21-11-7-8-14(24(25)26)15(9-11)27-18(19)20/h3-10,16,18,21H,1-2H3,(H,22,23)/t16-/m1/s1. The highest BCUT2D eigenvalue weighted by Crippen LogP contribution is 2.34. The van der Waals surface area contributed by atoms with Gasteiger partial charge < -0.3 is 15.0 Å². The van der Waals surface area contributed by atoms with Crippen molar-refractivity contribution in [3.63, 3.8) is 0 Å². The zero-order valence-electron chi connectivity index (χ0n) is 14.6. The minimum Gasteiger partial charge on any atom is -0.427 e. The number of nitrogens with zero attached hydrogens (tertiary/aromatic N) is 2. The quantitative estimate of drug-likeness (QED) is 0.453. The summed E-state index contributed by atoms with van der Waals surface area (Å²) in [6.45, 7) is 0.801. The molecule has 2 aromatic carbocycles. The Labute approximate surface area is 153 Å². The first-order valence-corrected chi connectivity index (χ1v) is 8.29. The molecule has 0 aliphatic rings. The van der Waals surface area contributed by atoms with Crippen LogP contribution in [0.5, 0.6) is 5.75 Å². The van der Waals surface area contributed by atoms with E-state index in [0.29, 0.717) is 11.5 Å². The largest absolute Gasteiger partial charge is 0.427 e. The molecule has 0 radical (unpaired) electrons. The van der Waals surface area contributed by atoms with Crippen LogP contribution in [0.15, 0.2) is 42.5 Å². The zero-order chi connectivity index (χ0) is 19.6. The van der Waals surface area contributed by atoms with E-state index in [4.69, 9.17) is 0 Å². The zero-order valence-corrected chi connectivity index (χ0v) is 14.6. The van der Waals surface area contributed by atoms with E-state index in [2.05, 4.69) is 20.0 Å². The lowest BCUT2D eigenvalue weighted by Crippen LogP contribution is -2.18. The second-order valence-corrected chi connectivity index (χ2v) is 6.32. The SMILES string of the molecule is CC(C)[C@@H](Nc1ccc([N+](=O)[O-])c(OC(F)F)c1)c1nc2ccccc2[nH]1. The third kappa shape index (κ3) is 4.13. The maximum atomic E-state index is 12.6. The summed E-state index contributed by atoms with van der Waals surface area (Å²) < 4.78 is 29.5. The summed E-state index contributed by atoms with van der Waals surface area (Å²) in [6, 6.07) is 11.1. The monoisotopic (exact) mass is 376 g/mol. The normalized spacial score (nSPS) is 12.5. The predicted molar refractivity (Wildman–Crippen MR) is 97.0 cm³/mol. The highest BCUT2D eigenvalue weighted by Gasteiger charge is 2.23. The van der Waals surface area contributed by atoms with Gasteiger partial charge in [-0.1, -0.05) is 26.0 Å². The molecule has 7 nitrogen and oxygen atoms in total. The van der Waals surface area contributed by atoms with Gasteiger partial charge in [0.25, 0.3) is 0 Å². The number of anilines is 1. The summed E-state index contributed by atoms with van der Waals surface area (Å²) in [7, 11) is 0. The van der Waals surface area contributed by atoms with Gasteiger partial charge in [-0.3, -0.25) is 10.1 Å². The van der Waals surface area contributed by atoms with Gasteiger partial charge in [0, 0.05) is 17.8 Å². The number of aromatic amines is 1. The van der Waals surface area contributed by atoms with Crippen molar-refractivity contribution in [3.8, 4) is 5.75 Å². The molecule has 9 heteroatoms.